The Hall–Kier alpha value is -1.03. The van der Waals surface area contributed by atoms with Gasteiger partial charge in [0.15, 0.2) is 11.7 Å². The van der Waals surface area contributed by atoms with Crippen LogP contribution in [0.3, 0.4) is 0 Å². The van der Waals surface area contributed by atoms with Gasteiger partial charge in [0.25, 0.3) is 0 Å². The first-order valence-corrected chi connectivity index (χ1v) is 6.47. The quantitative estimate of drug-likeness (QED) is 0.676. The number of hydrogen-bond acceptors (Lipinski definition) is 4. The van der Waals surface area contributed by atoms with Crippen molar-refractivity contribution in [2.45, 2.75) is 52.2 Å². The van der Waals surface area contributed by atoms with Gasteiger partial charge in [0.2, 0.25) is 0 Å². The minimum absolute atomic E-state index is 0.190. The second-order valence-electron chi connectivity index (χ2n) is 5.75. The topological polar surface area (TPSA) is 41.6 Å². The zero-order chi connectivity index (χ0) is 14.3. The summed E-state index contributed by atoms with van der Waals surface area (Å²) in [6.07, 6.45) is 1.28. The molecule has 1 atom stereocenters. The normalized spacial score (nSPS) is 13.3. The lowest BCUT2D eigenvalue weighted by Crippen LogP contribution is -2.40. The van der Waals surface area contributed by atoms with E-state index in [1.807, 2.05) is 41.8 Å². The Morgan fingerprint density at radius 2 is 1.94 bits per heavy atom. The summed E-state index contributed by atoms with van der Waals surface area (Å²) >= 11 is 0. The van der Waals surface area contributed by atoms with Crippen LogP contribution in [0.25, 0.3) is 0 Å². The summed E-state index contributed by atoms with van der Waals surface area (Å²) in [4.78, 5) is 13.9. The lowest BCUT2D eigenvalue weighted by Gasteiger charge is -2.27. The van der Waals surface area contributed by atoms with Crippen LogP contribution in [0.15, 0.2) is 12.5 Å². The highest BCUT2D eigenvalue weighted by Gasteiger charge is 2.20. The van der Waals surface area contributed by atoms with E-state index in [-0.39, 0.29) is 17.4 Å². The summed E-state index contributed by atoms with van der Waals surface area (Å²) in [6, 6.07) is -0.216. The van der Waals surface area contributed by atoms with E-state index >= 15 is 0 Å². The van der Waals surface area contributed by atoms with Gasteiger partial charge in [-0.15, -0.1) is 0 Å². The third-order valence-electron chi connectivity index (χ3n) is 2.37. The molecule has 18 heavy (non-hydrogen) atoms. The molecule has 0 amide bonds. The fraction of sp³-hybridized carbons (Fsp3) is 0.786. The zero-order valence-electron chi connectivity index (χ0n) is 12.7. The lowest BCUT2D eigenvalue weighted by molar-refractivity contribution is -0.121. The zero-order valence-corrected chi connectivity index (χ0v) is 12.7. The van der Waals surface area contributed by atoms with Crippen LogP contribution in [-0.2, 0) is 9.53 Å². The Bertz CT molecular complexity index is 280. The fourth-order valence-corrected chi connectivity index (χ4v) is 1.54. The molecule has 0 radical (unpaired) electrons. The van der Waals surface area contributed by atoms with E-state index in [0.29, 0.717) is 12.3 Å². The van der Waals surface area contributed by atoms with Crippen LogP contribution in [0, 0.1) is 0 Å². The van der Waals surface area contributed by atoms with Gasteiger partial charge in [-0.3, -0.25) is 4.79 Å². The van der Waals surface area contributed by atoms with Crippen LogP contribution in [0.5, 0.6) is 0 Å². The Morgan fingerprint density at radius 1 is 1.39 bits per heavy atom. The van der Waals surface area contributed by atoms with Crippen molar-refractivity contribution in [2.24, 2.45) is 0 Å². The van der Waals surface area contributed by atoms with Gasteiger partial charge < -0.3 is 15.0 Å². The fourth-order valence-electron chi connectivity index (χ4n) is 1.54. The molecule has 0 heterocycles. The first kappa shape index (κ1) is 17.0. The summed E-state index contributed by atoms with van der Waals surface area (Å²) in [5.41, 5.74) is -0.300. The maximum absolute atomic E-state index is 11.8. The molecule has 0 aliphatic heterocycles. The number of rotatable bonds is 8. The molecule has 4 heteroatoms. The van der Waals surface area contributed by atoms with Gasteiger partial charge in [-0.2, -0.15) is 0 Å². The maximum Gasteiger partial charge on any atom is 0.180 e. The minimum atomic E-state index is -0.300. The maximum atomic E-state index is 11.8. The molecule has 0 aromatic carbocycles. The van der Waals surface area contributed by atoms with Gasteiger partial charge in [-0.25, -0.2) is 0 Å². The highest BCUT2D eigenvalue weighted by molar-refractivity contribution is 5.83. The molecule has 4 nitrogen and oxygen atoms in total. The molecule has 0 aromatic heterocycles. The number of carbonyl (C=O) groups excluding carboxylic acids is 1. The minimum Gasteiger partial charge on any atom is -0.474 e. The Morgan fingerprint density at radius 3 is 2.33 bits per heavy atom. The van der Waals surface area contributed by atoms with E-state index in [1.54, 1.807) is 0 Å². The van der Waals surface area contributed by atoms with E-state index in [0.717, 1.165) is 13.0 Å². The van der Waals surface area contributed by atoms with Crippen LogP contribution in [0.4, 0.5) is 0 Å². The molecule has 0 aliphatic rings. The third kappa shape index (κ3) is 8.12. The third-order valence-corrected chi connectivity index (χ3v) is 2.37. The van der Waals surface area contributed by atoms with Crippen molar-refractivity contribution in [3.05, 3.63) is 12.5 Å². The number of carbonyl (C=O) groups is 1. The second-order valence-corrected chi connectivity index (χ2v) is 5.75. The average molecular weight is 256 g/mol. The van der Waals surface area contributed by atoms with E-state index < -0.39 is 0 Å². The van der Waals surface area contributed by atoms with Crippen LogP contribution in [0.2, 0.25) is 0 Å². The van der Waals surface area contributed by atoms with Gasteiger partial charge >= 0.3 is 0 Å². The molecule has 0 spiro atoms. The first-order chi connectivity index (χ1) is 8.15. The highest BCUT2D eigenvalue weighted by Crippen LogP contribution is 2.12. The predicted molar refractivity (Wildman–Crippen MR) is 75.4 cm³/mol. The van der Waals surface area contributed by atoms with Gasteiger partial charge in [0.05, 0.1) is 6.04 Å². The standard InChI is InChI=1S/C14H28N2O2/c1-8-13(17)12(9-10-16(6)7)15-11(2)18-14(3,4)5/h12,15H,2,8-10H2,1,3-7H3. The van der Waals surface area contributed by atoms with Crippen LogP contribution >= 0.6 is 0 Å². The van der Waals surface area contributed by atoms with Gasteiger partial charge in [0, 0.05) is 6.42 Å². The predicted octanol–water partition coefficient (Wildman–Crippen LogP) is 2.16. The number of nitrogens with one attached hydrogen (secondary N) is 1. The molecule has 0 fully saturated rings. The van der Waals surface area contributed by atoms with Crippen LogP contribution < -0.4 is 5.32 Å². The number of ketones is 1. The number of ether oxygens (including phenoxy) is 1. The molecule has 0 saturated heterocycles. The molecular weight excluding hydrogens is 228 g/mol. The molecule has 1 N–H and O–H groups in total. The molecule has 1 unspecified atom stereocenters. The Balaban J connectivity index is 4.40. The lowest BCUT2D eigenvalue weighted by atomic mass is 10.1. The van der Waals surface area contributed by atoms with Gasteiger partial charge in [0.1, 0.15) is 5.60 Å². The van der Waals surface area contributed by atoms with Crippen molar-refractivity contribution < 1.29 is 9.53 Å². The smallest absolute Gasteiger partial charge is 0.180 e. The second kappa shape index (κ2) is 7.41. The Kier molecular flexibility index (Phi) is 6.99. The molecule has 0 aliphatic carbocycles. The Labute approximate surface area is 111 Å². The van der Waals surface area contributed by atoms with Crippen molar-refractivity contribution in [1.82, 2.24) is 10.2 Å². The van der Waals surface area contributed by atoms with Crippen molar-refractivity contribution >= 4 is 5.78 Å². The van der Waals surface area contributed by atoms with E-state index in [2.05, 4.69) is 16.8 Å². The summed E-state index contributed by atoms with van der Waals surface area (Å²) in [6.45, 7) is 12.4. The van der Waals surface area contributed by atoms with Gasteiger partial charge in [-0.05, 0) is 54.4 Å². The summed E-state index contributed by atoms with van der Waals surface area (Å²) < 4.78 is 5.60. The summed E-state index contributed by atoms with van der Waals surface area (Å²) in [5.74, 6) is 0.656. The summed E-state index contributed by atoms with van der Waals surface area (Å²) in [5, 5.41) is 3.09. The molecule has 0 saturated carbocycles. The molecule has 0 bridgehead atoms. The number of Topliss-reactive ketones (excluding diaryl/α,β-unsaturated/α-hetero) is 1. The van der Waals surface area contributed by atoms with E-state index in [4.69, 9.17) is 4.74 Å². The van der Waals surface area contributed by atoms with Crippen molar-refractivity contribution in [3.63, 3.8) is 0 Å². The van der Waals surface area contributed by atoms with E-state index in [9.17, 15) is 4.79 Å². The average Bonchev–Trinajstić information content (AvgIpc) is 2.20. The molecular formula is C14H28N2O2. The SMILES string of the molecule is C=C(NC(CCN(C)C)C(=O)CC)OC(C)(C)C. The number of hydrogen-bond donors (Lipinski definition) is 1. The van der Waals surface area contributed by atoms with Crippen molar-refractivity contribution in [1.29, 1.82) is 0 Å². The van der Waals surface area contributed by atoms with Crippen LogP contribution in [0.1, 0.15) is 40.5 Å². The van der Waals surface area contributed by atoms with E-state index in [1.165, 1.54) is 0 Å². The molecule has 106 valence electrons. The van der Waals surface area contributed by atoms with Crippen molar-refractivity contribution in [3.8, 4) is 0 Å². The highest BCUT2D eigenvalue weighted by atomic mass is 16.5. The first-order valence-electron chi connectivity index (χ1n) is 6.47. The van der Waals surface area contributed by atoms with Crippen molar-refractivity contribution in [2.75, 3.05) is 20.6 Å². The largest absolute Gasteiger partial charge is 0.474 e. The molecule has 0 aromatic rings. The summed E-state index contributed by atoms with van der Waals surface area (Å²) in [7, 11) is 3.99. The number of nitrogens with zero attached hydrogens (tertiary/aromatic N) is 1. The molecule has 0 rings (SSSR count). The monoisotopic (exact) mass is 256 g/mol. The van der Waals surface area contributed by atoms with Crippen LogP contribution in [-0.4, -0.2) is 43.0 Å². The van der Waals surface area contributed by atoms with Gasteiger partial charge in [-0.1, -0.05) is 6.92 Å².